The van der Waals surface area contributed by atoms with Crippen LogP contribution in [0.3, 0.4) is 0 Å². The zero-order valence-electron chi connectivity index (χ0n) is 10.9. The number of nitrogen functional groups attached to an aromatic ring is 1. The van der Waals surface area contributed by atoms with Gasteiger partial charge in [0.15, 0.2) is 0 Å². The third-order valence-corrected chi connectivity index (χ3v) is 4.74. The van der Waals surface area contributed by atoms with Crippen molar-refractivity contribution in [2.75, 3.05) is 22.8 Å². The maximum atomic E-state index is 11.9. The molecule has 1 aromatic carbocycles. The van der Waals surface area contributed by atoms with Crippen LogP contribution in [0.15, 0.2) is 35.7 Å². The lowest BCUT2D eigenvalue weighted by molar-refractivity contribution is 0.343. The fourth-order valence-corrected chi connectivity index (χ4v) is 3.49. The number of nitriles is 1. The highest BCUT2D eigenvalue weighted by Gasteiger charge is 2.14. The van der Waals surface area contributed by atoms with E-state index in [2.05, 4.69) is 4.72 Å². The van der Waals surface area contributed by atoms with E-state index in [4.69, 9.17) is 15.7 Å². The molecule has 0 aliphatic heterocycles. The van der Waals surface area contributed by atoms with Gasteiger partial charge < -0.3 is 10.5 Å². The van der Waals surface area contributed by atoms with E-state index in [-0.39, 0.29) is 12.4 Å². The first-order chi connectivity index (χ1) is 10.0. The molecule has 2 aromatic rings. The SMILES string of the molecule is N#Cc1ccsc1NS(=O)(=O)CCOc1ccccc1N. The Bertz CT molecular complexity index is 763. The minimum atomic E-state index is -3.58. The van der Waals surface area contributed by atoms with Gasteiger partial charge in [0.05, 0.1) is 11.3 Å². The lowest BCUT2D eigenvalue weighted by atomic mass is 10.3. The Labute approximate surface area is 126 Å². The molecule has 0 fully saturated rings. The summed E-state index contributed by atoms with van der Waals surface area (Å²) in [5, 5.41) is 10.8. The molecular weight excluding hydrogens is 310 g/mol. The second-order valence-corrected chi connectivity index (χ2v) is 6.84. The number of rotatable bonds is 6. The number of sulfonamides is 1. The molecular formula is C13H13N3O3S2. The minimum Gasteiger partial charge on any atom is -0.490 e. The van der Waals surface area contributed by atoms with Crippen molar-refractivity contribution in [2.24, 2.45) is 0 Å². The second kappa shape index (κ2) is 6.47. The van der Waals surface area contributed by atoms with Gasteiger partial charge in [0.25, 0.3) is 0 Å². The van der Waals surface area contributed by atoms with Crippen molar-refractivity contribution in [3.05, 3.63) is 41.3 Å². The Balaban J connectivity index is 1.93. The van der Waals surface area contributed by atoms with E-state index in [1.54, 1.807) is 35.7 Å². The molecule has 0 radical (unpaired) electrons. The number of nitrogens with one attached hydrogen (secondary N) is 1. The number of hydrogen-bond acceptors (Lipinski definition) is 6. The minimum absolute atomic E-state index is 0.0309. The van der Waals surface area contributed by atoms with Crippen LogP contribution in [0, 0.1) is 11.3 Å². The van der Waals surface area contributed by atoms with Crippen LogP contribution in [0.25, 0.3) is 0 Å². The number of nitrogens with zero attached hydrogens (tertiary/aromatic N) is 1. The van der Waals surface area contributed by atoms with Crippen LogP contribution in [-0.4, -0.2) is 20.8 Å². The van der Waals surface area contributed by atoms with Crippen molar-refractivity contribution >= 4 is 32.0 Å². The number of para-hydroxylation sites is 2. The molecule has 0 atom stereocenters. The number of benzene rings is 1. The van der Waals surface area contributed by atoms with E-state index >= 15 is 0 Å². The van der Waals surface area contributed by atoms with Crippen LogP contribution in [0.5, 0.6) is 5.75 Å². The van der Waals surface area contributed by atoms with E-state index in [0.717, 1.165) is 11.3 Å². The molecule has 0 bridgehead atoms. The van der Waals surface area contributed by atoms with Crippen LogP contribution >= 0.6 is 11.3 Å². The summed E-state index contributed by atoms with van der Waals surface area (Å²) < 4.78 is 31.6. The average molecular weight is 323 g/mol. The molecule has 1 aromatic heterocycles. The largest absolute Gasteiger partial charge is 0.490 e. The summed E-state index contributed by atoms with van der Waals surface area (Å²) in [6, 6.07) is 10.3. The zero-order chi connectivity index (χ0) is 15.3. The molecule has 21 heavy (non-hydrogen) atoms. The average Bonchev–Trinajstić information content (AvgIpc) is 2.87. The van der Waals surface area contributed by atoms with E-state index in [9.17, 15) is 8.42 Å². The van der Waals surface area contributed by atoms with Crippen molar-refractivity contribution in [3.8, 4) is 11.8 Å². The van der Waals surface area contributed by atoms with Crippen molar-refractivity contribution in [3.63, 3.8) is 0 Å². The predicted octanol–water partition coefficient (Wildman–Crippen LogP) is 2.02. The van der Waals surface area contributed by atoms with Crippen LogP contribution < -0.4 is 15.2 Å². The number of nitrogens with two attached hydrogens (primary N) is 1. The topological polar surface area (TPSA) is 105 Å². The van der Waals surface area contributed by atoms with Gasteiger partial charge in [-0.25, -0.2) is 8.42 Å². The summed E-state index contributed by atoms with van der Waals surface area (Å²) in [5.74, 6) is 0.214. The van der Waals surface area contributed by atoms with Gasteiger partial charge in [-0.3, -0.25) is 4.72 Å². The lowest BCUT2D eigenvalue weighted by Gasteiger charge is -2.09. The van der Waals surface area contributed by atoms with Crippen LogP contribution in [0.4, 0.5) is 10.7 Å². The molecule has 8 heteroatoms. The summed E-state index contributed by atoms with van der Waals surface area (Å²) in [6.07, 6.45) is 0. The summed E-state index contributed by atoms with van der Waals surface area (Å²) in [5.41, 5.74) is 6.45. The smallest absolute Gasteiger partial charge is 0.236 e. The quantitative estimate of drug-likeness (QED) is 0.791. The van der Waals surface area contributed by atoms with Gasteiger partial charge in [0.2, 0.25) is 10.0 Å². The van der Waals surface area contributed by atoms with E-state index in [0.29, 0.717) is 22.0 Å². The van der Waals surface area contributed by atoms with Gasteiger partial charge in [-0.15, -0.1) is 11.3 Å². The van der Waals surface area contributed by atoms with Gasteiger partial charge >= 0.3 is 0 Å². The van der Waals surface area contributed by atoms with Crippen LogP contribution in [0.1, 0.15) is 5.56 Å². The zero-order valence-corrected chi connectivity index (χ0v) is 12.6. The number of anilines is 2. The third-order valence-electron chi connectivity index (χ3n) is 2.56. The molecule has 2 rings (SSSR count). The Kier molecular flexibility index (Phi) is 4.67. The monoisotopic (exact) mass is 323 g/mol. The maximum absolute atomic E-state index is 11.9. The summed E-state index contributed by atoms with van der Waals surface area (Å²) in [6.45, 7) is -0.0309. The highest BCUT2D eigenvalue weighted by molar-refractivity contribution is 7.92. The van der Waals surface area contributed by atoms with Crippen molar-refractivity contribution in [1.82, 2.24) is 0 Å². The molecule has 0 saturated heterocycles. The maximum Gasteiger partial charge on any atom is 0.236 e. The van der Waals surface area contributed by atoms with Crippen LogP contribution in [-0.2, 0) is 10.0 Å². The molecule has 0 spiro atoms. The van der Waals surface area contributed by atoms with Gasteiger partial charge in [0.1, 0.15) is 29.2 Å². The standard InChI is InChI=1S/C13H13N3O3S2/c14-9-10-5-7-20-13(10)16-21(17,18)8-6-19-12-4-2-1-3-11(12)15/h1-5,7,16H,6,8,15H2. The predicted molar refractivity (Wildman–Crippen MR) is 82.8 cm³/mol. The fraction of sp³-hybridized carbons (Fsp3) is 0.154. The van der Waals surface area contributed by atoms with Gasteiger partial charge in [0, 0.05) is 0 Å². The molecule has 110 valence electrons. The summed E-state index contributed by atoms with van der Waals surface area (Å²) >= 11 is 1.16. The van der Waals surface area contributed by atoms with Gasteiger partial charge in [-0.2, -0.15) is 5.26 Å². The highest BCUT2D eigenvalue weighted by atomic mass is 32.2. The van der Waals surface area contributed by atoms with E-state index in [1.165, 1.54) is 0 Å². The normalized spacial score (nSPS) is 10.8. The molecule has 0 aliphatic carbocycles. The fourth-order valence-electron chi connectivity index (χ4n) is 1.54. The lowest BCUT2D eigenvalue weighted by Crippen LogP contribution is -2.21. The number of thiophene rings is 1. The molecule has 0 saturated carbocycles. The highest BCUT2D eigenvalue weighted by Crippen LogP contribution is 2.23. The first-order valence-electron chi connectivity index (χ1n) is 5.97. The summed E-state index contributed by atoms with van der Waals surface area (Å²) in [7, 11) is -3.58. The molecule has 0 aliphatic rings. The van der Waals surface area contributed by atoms with Gasteiger partial charge in [-0.05, 0) is 23.6 Å². The van der Waals surface area contributed by atoms with E-state index in [1.807, 2.05) is 6.07 Å². The van der Waals surface area contributed by atoms with Crippen molar-refractivity contribution in [2.45, 2.75) is 0 Å². The van der Waals surface area contributed by atoms with Crippen LogP contribution in [0.2, 0.25) is 0 Å². The molecule has 6 nitrogen and oxygen atoms in total. The number of hydrogen-bond donors (Lipinski definition) is 2. The number of ether oxygens (including phenoxy) is 1. The molecule has 3 N–H and O–H groups in total. The second-order valence-electron chi connectivity index (χ2n) is 4.08. The van der Waals surface area contributed by atoms with Crippen molar-refractivity contribution < 1.29 is 13.2 Å². The Morgan fingerprint density at radius 1 is 1.33 bits per heavy atom. The first kappa shape index (κ1) is 15.2. The van der Waals surface area contributed by atoms with Gasteiger partial charge in [-0.1, -0.05) is 12.1 Å². The molecule has 1 heterocycles. The van der Waals surface area contributed by atoms with Crippen molar-refractivity contribution in [1.29, 1.82) is 5.26 Å². The molecule has 0 amide bonds. The Morgan fingerprint density at radius 2 is 2.10 bits per heavy atom. The Morgan fingerprint density at radius 3 is 2.81 bits per heavy atom. The van der Waals surface area contributed by atoms with E-state index < -0.39 is 10.0 Å². The molecule has 0 unspecified atom stereocenters. The Hall–Kier alpha value is -2.24. The summed E-state index contributed by atoms with van der Waals surface area (Å²) in [4.78, 5) is 0. The first-order valence-corrected chi connectivity index (χ1v) is 8.50. The third kappa shape index (κ3) is 4.11.